The molecule has 0 radical (unpaired) electrons. The Morgan fingerprint density at radius 2 is 0.404 bits per heavy atom. The number of ether oxygens (including phenoxy) is 4. The number of aromatic amines is 2. The second kappa shape index (κ2) is 58.7. The van der Waals surface area contributed by atoms with Crippen LogP contribution in [0.15, 0.2) is 60.7 Å². The molecule has 0 spiro atoms. The van der Waals surface area contributed by atoms with E-state index < -0.39 is 0 Å². The van der Waals surface area contributed by atoms with E-state index in [1.54, 1.807) is 0 Å². The van der Waals surface area contributed by atoms with Crippen LogP contribution in [0.3, 0.4) is 0 Å². The second-order valence-corrected chi connectivity index (χ2v) is 28.4. The first-order valence-electron chi connectivity index (χ1n) is 40.7. The summed E-state index contributed by atoms with van der Waals surface area (Å²) in [6.45, 7) is 11.6. The molecule has 8 heteroatoms. The Morgan fingerprint density at radius 1 is 0.234 bits per heavy atom. The summed E-state index contributed by atoms with van der Waals surface area (Å²) in [5.41, 5.74) is 3.43. The Bertz CT molecular complexity index is 2110. The van der Waals surface area contributed by atoms with Crippen LogP contribution in [-0.4, -0.2) is 48.0 Å². The fourth-order valence-corrected chi connectivity index (χ4v) is 13.4. The maximum absolute atomic E-state index is 14.4. The van der Waals surface area contributed by atoms with Crippen molar-refractivity contribution < 1.29 is 28.5 Å². The van der Waals surface area contributed by atoms with Crippen molar-refractivity contribution in [3.63, 3.8) is 0 Å². The van der Waals surface area contributed by atoms with E-state index in [0.29, 0.717) is 71.9 Å². The van der Waals surface area contributed by atoms with E-state index in [2.05, 4.69) is 37.7 Å². The number of ketones is 2. The van der Waals surface area contributed by atoms with Crippen LogP contribution in [0.5, 0.6) is 23.0 Å². The zero-order chi connectivity index (χ0) is 66.7. The Balaban J connectivity index is 1.32. The number of benzene rings is 2. The lowest BCUT2D eigenvalue weighted by Crippen LogP contribution is -2.06. The standard InChI is InChI=1S/C86H144N2O6/c1-5-9-13-17-21-25-29-33-37-41-45-49-53-57-65-91-77-69-75(70-78(73-77)92-66-58-54-50-46-42-38-34-30-26-22-18-14-10-6-2)85(89)83-63-61-81(87-83)82-62-64-84(88-82)86(90)76-71-79(93-67-59-55-51-47-43-39-35-31-27-23-19-15-11-7-3)74-80(72-76)94-68-60-56-52-48-44-40-36-32-28-24-20-16-12-8-4/h61-64,69-74,87-88H,5-60,65-68H2,1-4H3. The van der Waals surface area contributed by atoms with Crippen LogP contribution in [0.25, 0.3) is 11.4 Å². The molecule has 2 heterocycles. The number of carbonyl (C=O) groups is 2. The van der Waals surface area contributed by atoms with E-state index in [-0.39, 0.29) is 11.6 Å². The zero-order valence-corrected chi connectivity index (χ0v) is 61.6. The third kappa shape index (κ3) is 41.6. The summed E-state index contributed by atoms with van der Waals surface area (Å²) in [6, 6.07) is 18.9. The summed E-state index contributed by atoms with van der Waals surface area (Å²) >= 11 is 0. The van der Waals surface area contributed by atoms with Crippen molar-refractivity contribution in [2.24, 2.45) is 0 Å². The maximum atomic E-state index is 14.4. The van der Waals surface area contributed by atoms with Crippen LogP contribution in [-0.2, 0) is 0 Å². The van der Waals surface area contributed by atoms with Gasteiger partial charge in [0.05, 0.1) is 49.2 Å². The molecular formula is C86H144N2O6. The summed E-state index contributed by atoms with van der Waals surface area (Å²) in [5, 5.41) is 0. The van der Waals surface area contributed by atoms with E-state index in [9.17, 15) is 9.59 Å². The first kappa shape index (κ1) is 82.0. The Labute approximate surface area is 578 Å². The molecule has 0 aliphatic carbocycles. The largest absolute Gasteiger partial charge is 0.493 e. The molecule has 0 atom stereocenters. The average molecular weight is 1300 g/mol. The van der Waals surface area contributed by atoms with E-state index in [4.69, 9.17) is 18.9 Å². The van der Waals surface area contributed by atoms with Gasteiger partial charge in [-0.2, -0.15) is 0 Å². The third-order valence-electron chi connectivity index (χ3n) is 19.5. The Hall–Kier alpha value is -4.46. The van der Waals surface area contributed by atoms with Gasteiger partial charge in [0.1, 0.15) is 23.0 Å². The first-order chi connectivity index (χ1) is 46.4. The predicted octanol–water partition coefficient (Wildman–Crippen LogP) is 27.9. The van der Waals surface area contributed by atoms with Gasteiger partial charge in [0.2, 0.25) is 11.6 Å². The highest BCUT2D eigenvalue weighted by Crippen LogP contribution is 2.30. The molecule has 0 fully saturated rings. The lowest BCUT2D eigenvalue weighted by molar-refractivity contribution is 0.102. The minimum Gasteiger partial charge on any atom is -0.493 e. The smallest absolute Gasteiger partial charge is 0.209 e. The number of unbranched alkanes of at least 4 members (excludes halogenated alkanes) is 52. The number of aromatic nitrogens is 2. The summed E-state index contributed by atoms with van der Waals surface area (Å²) < 4.78 is 25.5. The van der Waals surface area contributed by atoms with Crippen molar-refractivity contribution in [3.8, 4) is 34.4 Å². The fourth-order valence-electron chi connectivity index (χ4n) is 13.4. The number of hydrogen-bond donors (Lipinski definition) is 2. The number of rotatable bonds is 69. The highest BCUT2D eigenvalue weighted by Gasteiger charge is 2.19. The molecule has 2 N–H and O–H groups in total. The van der Waals surface area contributed by atoms with E-state index in [1.165, 1.54) is 308 Å². The van der Waals surface area contributed by atoms with Crippen molar-refractivity contribution in [2.45, 2.75) is 387 Å². The molecule has 0 aliphatic heterocycles. The number of nitrogens with one attached hydrogen (secondary N) is 2. The summed E-state index contributed by atoms with van der Waals surface area (Å²) in [4.78, 5) is 35.6. The molecule has 0 unspecified atom stereocenters. The molecule has 0 bridgehead atoms. The molecule has 0 saturated carbocycles. The molecule has 0 saturated heterocycles. The molecule has 0 amide bonds. The molecular weight excluding hydrogens is 1160 g/mol. The highest BCUT2D eigenvalue weighted by molar-refractivity contribution is 6.09. The van der Waals surface area contributed by atoms with Gasteiger partial charge in [-0.3, -0.25) is 9.59 Å². The van der Waals surface area contributed by atoms with Crippen LogP contribution in [0.1, 0.15) is 419 Å². The summed E-state index contributed by atoms with van der Waals surface area (Å²) in [6.07, 6.45) is 73.6. The summed E-state index contributed by atoms with van der Waals surface area (Å²) in [7, 11) is 0. The van der Waals surface area contributed by atoms with Gasteiger partial charge < -0.3 is 28.9 Å². The quantitative estimate of drug-likeness (QED) is 0.0337. The van der Waals surface area contributed by atoms with Crippen LogP contribution in [0.2, 0.25) is 0 Å². The molecule has 2 aromatic heterocycles. The topological polar surface area (TPSA) is 103 Å². The lowest BCUT2D eigenvalue weighted by atomic mass is 10.0. The van der Waals surface area contributed by atoms with Crippen LogP contribution < -0.4 is 18.9 Å². The molecule has 8 nitrogen and oxygen atoms in total. The minimum atomic E-state index is -0.134. The molecule has 534 valence electrons. The van der Waals surface area contributed by atoms with E-state index >= 15 is 0 Å². The van der Waals surface area contributed by atoms with Crippen molar-refractivity contribution >= 4 is 11.6 Å². The minimum absolute atomic E-state index is 0.134. The second-order valence-electron chi connectivity index (χ2n) is 28.4. The Kier molecular flexibility index (Phi) is 51.2. The normalized spacial score (nSPS) is 11.5. The SMILES string of the molecule is CCCCCCCCCCCCCCCCOc1cc(OCCCCCCCCCCCCCCCC)cc(C(=O)c2ccc(-c3ccc(C(=O)c4cc(OCCCCCCCCCCCCCCCC)cc(OCCCCCCCCCCCCCCCC)c4)[nH]3)[nH]2)c1. The molecule has 94 heavy (non-hydrogen) atoms. The van der Waals surface area contributed by atoms with Gasteiger partial charge >= 0.3 is 0 Å². The van der Waals surface area contributed by atoms with Gasteiger partial charge in [0.15, 0.2) is 0 Å². The van der Waals surface area contributed by atoms with E-state index in [0.717, 1.165) is 62.8 Å². The number of hydrogen-bond acceptors (Lipinski definition) is 6. The van der Waals surface area contributed by atoms with Gasteiger partial charge in [0, 0.05) is 23.3 Å². The fraction of sp³-hybridized carbons (Fsp3) is 0.744. The van der Waals surface area contributed by atoms with Crippen LogP contribution >= 0.6 is 0 Å². The molecule has 4 rings (SSSR count). The van der Waals surface area contributed by atoms with Crippen molar-refractivity contribution in [3.05, 3.63) is 83.2 Å². The zero-order valence-electron chi connectivity index (χ0n) is 61.6. The number of H-pyrrole nitrogens is 2. The van der Waals surface area contributed by atoms with Crippen molar-refractivity contribution in [2.75, 3.05) is 26.4 Å². The Morgan fingerprint density at radius 3 is 0.585 bits per heavy atom. The molecule has 4 aromatic rings. The van der Waals surface area contributed by atoms with Crippen molar-refractivity contribution in [1.82, 2.24) is 9.97 Å². The lowest BCUT2D eigenvalue weighted by Gasteiger charge is -2.12. The van der Waals surface area contributed by atoms with Crippen LogP contribution in [0.4, 0.5) is 0 Å². The van der Waals surface area contributed by atoms with Gasteiger partial charge in [-0.15, -0.1) is 0 Å². The number of carbonyl (C=O) groups excluding carboxylic acids is 2. The highest BCUT2D eigenvalue weighted by atomic mass is 16.5. The van der Waals surface area contributed by atoms with Gasteiger partial charge in [-0.25, -0.2) is 0 Å². The van der Waals surface area contributed by atoms with Gasteiger partial charge in [0.25, 0.3) is 0 Å². The maximum Gasteiger partial charge on any atom is 0.209 e. The van der Waals surface area contributed by atoms with E-state index in [1.807, 2.05) is 60.7 Å². The molecule has 2 aromatic carbocycles. The predicted molar refractivity (Wildman–Crippen MR) is 404 cm³/mol. The third-order valence-corrected chi connectivity index (χ3v) is 19.5. The monoisotopic (exact) mass is 1300 g/mol. The van der Waals surface area contributed by atoms with Gasteiger partial charge in [-0.1, -0.05) is 362 Å². The molecule has 0 aliphatic rings. The first-order valence-corrected chi connectivity index (χ1v) is 40.7. The van der Waals surface area contributed by atoms with Gasteiger partial charge in [-0.05, 0) is 74.2 Å². The van der Waals surface area contributed by atoms with Crippen LogP contribution in [0, 0.1) is 0 Å². The van der Waals surface area contributed by atoms with Crippen molar-refractivity contribution in [1.29, 1.82) is 0 Å². The summed E-state index contributed by atoms with van der Waals surface area (Å²) in [5.74, 6) is 2.41. The average Bonchev–Trinajstić information content (AvgIpc) is 1.57.